The van der Waals surface area contributed by atoms with E-state index in [1.54, 1.807) is 36.4 Å². The van der Waals surface area contributed by atoms with Gasteiger partial charge in [-0.15, -0.1) is 0 Å². The Bertz CT molecular complexity index is 1050. The van der Waals surface area contributed by atoms with Gasteiger partial charge in [0.1, 0.15) is 10.7 Å². The van der Waals surface area contributed by atoms with Crippen LogP contribution in [0.5, 0.6) is 0 Å². The standard InChI is InChI=1S/C18H14BrClN2O4S/c19-13-4-6-14(7-5-13)22-18(23)12-3-8-16(20)17(10-12)27(24,25)21-11-15-2-1-9-26-15/h1-10,21H,11H2,(H,22,23). The normalized spacial score (nSPS) is 11.3. The van der Waals surface area contributed by atoms with Crippen LogP contribution in [-0.2, 0) is 16.6 Å². The smallest absolute Gasteiger partial charge is 0.255 e. The quantitative estimate of drug-likeness (QED) is 0.559. The summed E-state index contributed by atoms with van der Waals surface area (Å²) in [5, 5.41) is 2.72. The third kappa shape index (κ3) is 4.98. The van der Waals surface area contributed by atoms with Crippen LogP contribution in [0.3, 0.4) is 0 Å². The minimum Gasteiger partial charge on any atom is -0.468 e. The van der Waals surface area contributed by atoms with Gasteiger partial charge in [0.2, 0.25) is 10.0 Å². The van der Waals surface area contributed by atoms with Gasteiger partial charge in [-0.1, -0.05) is 27.5 Å². The van der Waals surface area contributed by atoms with E-state index < -0.39 is 15.9 Å². The maximum atomic E-state index is 12.5. The lowest BCUT2D eigenvalue weighted by Crippen LogP contribution is -2.24. The number of halogens is 2. The molecule has 3 aromatic rings. The average molecular weight is 470 g/mol. The zero-order valence-electron chi connectivity index (χ0n) is 13.8. The third-order valence-electron chi connectivity index (χ3n) is 3.60. The minimum absolute atomic E-state index is 0.0159. The molecule has 0 fully saturated rings. The molecule has 1 amide bonds. The predicted molar refractivity (Wildman–Crippen MR) is 106 cm³/mol. The first-order chi connectivity index (χ1) is 12.8. The molecule has 9 heteroatoms. The second-order valence-corrected chi connectivity index (χ2v) is 8.57. The number of sulfonamides is 1. The van der Waals surface area contributed by atoms with Crippen LogP contribution < -0.4 is 10.0 Å². The van der Waals surface area contributed by atoms with Crippen LogP contribution >= 0.6 is 27.5 Å². The average Bonchev–Trinajstić information content (AvgIpc) is 3.16. The number of hydrogen-bond donors (Lipinski definition) is 2. The molecule has 0 aliphatic carbocycles. The Morgan fingerprint density at radius 3 is 2.52 bits per heavy atom. The first-order valence-electron chi connectivity index (χ1n) is 7.74. The van der Waals surface area contributed by atoms with Crippen molar-refractivity contribution in [3.05, 3.63) is 81.7 Å². The summed E-state index contributed by atoms with van der Waals surface area (Å²) in [5.41, 5.74) is 0.749. The Morgan fingerprint density at radius 2 is 1.85 bits per heavy atom. The van der Waals surface area contributed by atoms with Crippen LogP contribution in [0.25, 0.3) is 0 Å². The molecule has 6 nitrogen and oxygen atoms in total. The van der Waals surface area contributed by atoms with E-state index in [4.69, 9.17) is 16.0 Å². The van der Waals surface area contributed by atoms with E-state index in [1.165, 1.54) is 24.5 Å². The molecular weight excluding hydrogens is 456 g/mol. The fourth-order valence-electron chi connectivity index (χ4n) is 2.24. The van der Waals surface area contributed by atoms with Gasteiger partial charge in [0.25, 0.3) is 5.91 Å². The van der Waals surface area contributed by atoms with Gasteiger partial charge in [-0.2, -0.15) is 0 Å². The molecule has 27 heavy (non-hydrogen) atoms. The van der Waals surface area contributed by atoms with Crippen LogP contribution in [0, 0.1) is 0 Å². The Balaban J connectivity index is 1.80. The molecule has 0 aliphatic heterocycles. The minimum atomic E-state index is -3.93. The monoisotopic (exact) mass is 468 g/mol. The largest absolute Gasteiger partial charge is 0.468 e. The molecule has 0 bridgehead atoms. The number of anilines is 1. The lowest BCUT2D eigenvalue weighted by Gasteiger charge is -2.10. The molecule has 140 valence electrons. The van der Waals surface area contributed by atoms with Crippen LogP contribution in [0.1, 0.15) is 16.1 Å². The SMILES string of the molecule is O=C(Nc1ccc(Br)cc1)c1ccc(Cl)c(S(=O)(=O)NCc2ccco2)c1. The fraction of sp³-hybridized carbons (Fsp3) is 0.0556. The van der Waals surface area contributed by atoms with Crippen molar-refractivity contribution in [1.82, 2.24) is 4.72 Å². The Morgan fingerprint density at radius 1 is 1.11 bits per heavy atom. The number of rotatable bonds is 6. The summed E-state index contributed by atoms with van der Waals surface area (Å²) in [7, 11) is -3.93. The molecular formula is C18H14BrClN2O4S. The van der Waals surface area contributed by atoms with Crippen LogP contribution in [0.15, 0.2) is 74.6 Å². The highest BCUT2D eigenvalue weighted by Crippen LogP contribution is 2.24. The highest BCUT2D eigenvalue weighted by atomic mass is 79.9. The van der Waals surface area contributed by atoms with Crippen molar-refractivity contribution in [2.45, 2.75) is 11.4 Å². The molecule has 0 radical (unpaired) electrons. The summed E-state index contributed by atoms with van der Waals surface area (Å²) in [6.45, 7) is -0.0268. The molecule has 0 aliphatic rings. The molecule has 3 rings (SSSR count). The first kappa shape index (κ1) is 19.6. The van der Waals surface area contributed by atoms with E-state index in [9.17, 15) is 13.2 Å². The van der Waals surface area contributed by atoms with Gasteiger partial charge in [0.05, 0.1) is 17.8 Å². The number of hydrogen-bond acceptors (Lipinski definition) is 4. The van der Waals surface area contributed by atoms with Crippen LogP contribution in [-0.4, -0.2) is 14.3 Å². The summed E-state index contributed by atoms with van der Waals surface area (Å²) in [4.78, 5) is 12.3. The lowest BCUT2D eigenvalue weighted by molar-refractivity contribution is 0.102. The zero-order valence-corrected chi connectivity index (χ0v) is 16.9. The van der Waals surface area contributed by atoms with Gasteiger partial charge in [-0.3, -0.25) is 4.79 Å². The summed E-state index contributed by atoms with van der Waals surface area (Å²) >= 11 is 9.36. The summed E-state index contributed by atoms with van der Waals surface area (Å²) in [6.07, 6.45) is 1.45. The number of carbonyl (C=O) groups is 1. The van der Waals surface area contributed by atoms with Crippen molar-refractivity contribution in [2.24, 2.45) is 0 Å². The number of furan rings is 1. The van der Waals surface area contributed by atoms with Gasteiger partial charge in [0, 0.05) is 15.7 Å². The Hall–Kier alpha value is -2.13. The fourth-order valence-corrected chi connectivity index (χ4v) is 4.03. The number of amides is 1. The number of carbonyl (C=O) groups excluding carboxylic acids is 1. The molecule has 0 saturated carbocycles. The molecule has 2 aromatic carbocycles. The zero-order chi connectivity index (χ0) is 19.4. The van der Waals surface area contributed by atoms with Gasteiger partial charge >= 0.3 is 0 Å². The van der Waals surface area contributed by atoms with Crippen LogP contribution in [0.4, 0.5) is 5.69 Å². The summed E-state index contributed by atoms with van der Waals surface area (Å²) < 4.78 is 33.5. The van der Waals surface area contributed by atoms with Crippen molar-refractivity contribution in [3.63, 3.8) is 0 Å². The van der Waals surface area contributed by atoms with Crippen molar-refractivity contribution < 1.29 is 17.6 Å². The van der Waals surface area contributed by atoms with Gasteiger partial charge in [0.15, 0.2) is 0 Å². The van der Waals surface area contributed by atoms with E-state index in [0.717, 1.165) is 4.47 Å². The van der Waals surface area contributed by atoms with Crippen molar-refractivity contribution in [3.8, 4) is 0 Å². The summed E-state index contributed by atoms with van der Waals surface area (Å²) in [6, 6.07) is 14.4. The molecule has 1 heterocycles. The van der Waals surface area contributed by atoms with E-state index in [-0.39, 0.29) is 22.0 Å². The molecule has 0 atom stereocenters. The topological polar surface area (TPSA) is 88.4 Å². The second kappa shape index (κ2) is 8.26. The second-order valence-electron chi connectivity index (χ2n) is 5.51. The summed E-state index contributed by atoms with van der Waals surface area (Å²) in [5.74, 6) is 0.00954. The molecule has 0 spiro atoms. The number of benzene rings is 2. The Labute approximate surface area is 169 Å². The predicted octanol–water partition coefficient (Wildman–Crippen LogP) is 4.43. The van der Waals surface area contributed by atoms with Crippen LogP contribution in [0.2, 0.25) is 5.02 Å². The third-order valence-corrected chi connectivity index (χ3v) is 6.01. The van der Waals surface area contributed by atoms with Gasteiger partial charge < -0.3 is 9.73 Å². The van der Waals surface area contributed by atoms with Crippen molar-refractivity contribution in [2.75, 3.05) is 5.32 Å². The van der Waals surface area contributed by atoms with E-state index in [2.05, 4.69) is 26.0 Å². The molecule has 1 aromatic heterocycles. The van der Waals surface area contributed by atoms with Gasteiger partial charge in [-0.05, 0) is 54.6 Å². The van der Waals surface area contributed by atoms with E-state index in [0.29, 0.717) is 11.4 Å². The number of nitrogens with one attached hydrogen (secondary N) is 2. The maximum absolute atomic E-state index is 12.5. The molecule has 2 N–H and O–H groups in total. The maximum Gasteiger partial charge on any atom is 0.255 e. The molecule has 0 saturated heterocycles. The van der Waals surface area contributed by atoms with E-state index in [1.807, 2.05) is 0 Å². The Kier molecular flexibility index (Phi) is 6.01. The van der Waals surface area contributed by atoms with Crippen molar-refractivity contribution >= 4 is 49.1 Å². The molecule has 0 unspecified atom stereocenters. The van der Waals surface area contributed by atoms with E-state index >= 15 is 0 Å². The highest BCUT2D eigenvalue weighted by molar-refractivity contribution is 9.10. The highest BCUT2D eigenvalue weighted by Gasteiger charge is 2.20. The lowest BCUT2D eigenvalue weighted by atomic mass is 10.2. The van der Waals surface area contributed by atoms with Crippen molar-refractivity contribution in [1.29, 1.82) is 0 Å². The first-order valence-corrected chi connectivity index (χ1v) is 10.4. The van der Waals surface area contributed by atoms with Gasteiger partial charge in [-0.25, -0.2) is 13.1 Å².